The Labute approximate surface area is 135 Å². The normalized spacial score (nSPS) is 16.3. The third-order valence-corrected chi connectivity index (χ3v) is 4.29. The summed E-state index contributed by atoms with van der Waals surface area (Å²) >= 11 is 0. The number of benzene rings is 1. The summed E-state index contributed by atoms with van der Waals surface area (Å²) in [6.45, 7) is 1.68. The topological polar surface area (TPSA) is 74.5 Å². The van der Waals surface area contributed by atoms with E-state index >= 15 is 0 Å². The quantitative estimate of drug-likeness (QED) is 0.811. The first kappa shape index (κ1) is 15.6. The van der Waals surface area contributed by atoms with Gasteiger partial charge in [0, 0.05) is 5.69 Å². The van der Waals surface area contributed by atoms with Crippen molar-refractivity contribution in [3.63, 3.8) is 0 Å². The number of anilines is 1. The number of urea groups is 1. The minimum Gasteiger partial charge on any atom is -0.466 e. The van der Waals surface area contributed by atoms with Gasteiger partial charge < -0.3 is 20.2 Å². The van der Waals surface area contributed by atoms with E-state index in [1.807, 2.05) is 12.1 Å². The first-order chi connectivity index (χ1) is 11.1. The molecule has 0 aliphatic heterocycles. The third kappa shape index (κ3) is 3.56. The van der Waals surface area contributed by atoms with Crippen LogP contribution in [-0.4, -0.2) is 17.7 Å². The Morgan fingerprint density at radius 3 is 2.87 bits per heavy atom. The summed E-state index contributed by atoms with van der Waals surface area (Å²) < 4.78 is 5.20. The molecule has 0 radical (unpaired) electrons. The van der Waals surface area contributed by atoms with Crippen LogP contribution < -0.4 is 10.6 Å². The number of nitrogens with one attached hydrogen (secondary N) is 2. The fraction of sp³-hybridized carbons (Fsp3) is 0.389. The van der Waals surface area contributed by atoms with E-state index in [-0.39, 0.29) is 12.6 Å². The highest BCUT2D eigenvalue weighted by Crippen LogP contribution is 2.27. The van der Waals surface area contributed by atoms with Crippen molar-refractivity contribution < 1.29 is 14.3 Å². The number of amides is 2. The largest absolute Gasteiger partial charge is 0.466 e. The molecule has 1 aliphatic carbocycles. The fourth-order valence-corrected chi connectivity index (χ4v) is 2.99. The summed E-state index contributed by atoms with van der Waals surface area (Å²) in [6, 6.07) is 9.09. The van der Waals surface area contributed by atoms with E-state index in [2.05, 4.69) is 16.7 Å². The highest BCUT2D eigenvalue weighted by atomic mass is 16.4. The number of furan rings is 1. The Morgan fingerprint density at radius 1 is 1.26 bits per heavy atom. The summed E-state index contributed by atoms with van der Waals surface area (Å²) in [6.07, 6.45) is 5.92. The lowest BCUT2D eigenvalue weighted by Gasteiger charge is -2.22. The zero-order valence-corrected chi connectivity index (χ0v) is 13.3. The van der Waals surface area contributed by atoms with E-state index < -0.39 is 5.60 Å². The molecule has 3 rings (SSSR count). The lowest BCUT2D eigenvalue weighted by molar-refractivity contribution is 0.0372. The average molecular weight is 314 g/mol. The number of carbonyl (C=O) groups is 1. The standard InChI is InChI=1S/C18H22N2O3/c1-18(22,16-10-5-11-23-16)12-19-17(21)20-15-9-4-7-13-6-2-3-8-14(13)15/h4-5,7,9-11,22H,2-3,6,8,12H2,1H3,(H2,19,20,21). The maximum absolute atomic E-state index is 12.2. The molecule has 2 aromatic rings. The smallest absolute Gasteiger partial charge is 0.319 e. The summed E-state index contributed by atoms with van der Waals surface area (Å²) in [7, 11) is 0. The summed E-state index contributed by atoms with van der Waals surface area (Å²) in [4.78, 5) is 12.2. The van der Waals surface area contributed by atoms with Gasteiger partial charge in [0.25, 0.3) is 0 Å². The van der Waals surface area contributed by atoms with E-state index in [0.717, 1.165) is 24.9 Å². The van der Waals surface area contributed by atoms with Gasteiger partial charge in [-0.15, -0.1) is 0 Å². The fourth-order valence-electron chi connectivity index (χ4n) is 2.99. The van der Waals surface area contributed by atoms with Crippen LogP contribution in [0.1, 0.15) is 36.7 Å². The Kier molecular flexibility index (Phi) is 4.39. The maximum Gasteiger partial charge on any atom is 0.319 e. The second-order valence-corrected chi connectivity index (χ2v) is 6.21. The van der Waals surface area contributed by atoms with Crippen LogP contribution in [0, 0.1) is 0 Å². The van der Waals surface area contributed by atoms with E-state index in [4.69, 9.17) is 4.42 Å². The van der Waals surface area contributed by atoms with Crippen molar-refractivity contribution in [2.75, 3.05) is 11.9 Å². The van der Waals surface area contributed by atoms with Crippen molar-refractivity contribution in [1.82, 2.24) is 5.32 Å². The van der Waals surface area contributed by atoms with Gasteiger partial charge in [0.05, 0.1) is 12.8 Å². The molecule has 1 unspecified atom stereocenters. The van der Waals surface area contributed by atoms with Gasteiger partial charge in [0.1, 0.15) is 11.4 Å². The van der Waals surface area contributed by atoms with Gasteiger partial charge in [-0.25, -0.2) is 4.79 Å². The Balaban J connectivity index is 1.62. The average Bonchev–Trinajstić information content (AvgIpc) is 3.09. The van der Waals surface area contributed by atoms with E-state index in [0.29, 0.717) is 5.76 Å². The van der Waals surface area contributed by atoms with E-state index in [9.17, 15) is 9.90 Å². The van der Waals surface area contributed by atoms with Crippen LogP contribution in [0.4, 0.5) is 10.5 Å². The van der Waals surface area contributed by atoms with E-state index in [1.54, 1.807) is 19.1 Å². The molecule has 1 atom stereocenters. The predicted molar refractivity (Wildman–Crippen MR) is 88.4 cm³/mol. The van der Waals surface area contributed by atoms with Crippen LogP contribution in [0.2, 0.25) is 0 Å². The van der Waals surface area contributed by atoms with Gasteiger partial charge in [0.15, 0.2) is 0 Å². The zero-order valence-electron chi connectivity index (χ0n) is 13.3. The molecule has 1 aliphatic rings. The van der Waals surface area contributed by atoms with Gasteiger partial charge in [-0.3, -0.25) is 0 Å². The van der Waals surface area contributed by atoms with Gasteiger partial charge in [0.2, 0.25) is 0 Å². The number of fused-ring (bicyclic) bond motifs is 1. The number of carbonyl (C=O) groups excluding carboxylic acids is 1. The van der Waals surface area contributed by atoms with Gasteiger partial charge >= 0.3 is 6.03 Å². The number of hydrogen-bond donors (Lipinski definition) is 3. The number of aliphatic hydroxyl groups is 1. The minimum atomic E-state index is -1.24. The molecule has 0 saturated carbocycles. The molecule has 23 heavy (non-hydrogen) atoms. The molecular weight excluding hydrogens is 292 g/mol. The Bertz CT molecular complexity index is 678. The van der Waals surface area contributed by atoms with Crippen LogP contribution in [-0.2, 0) is 18.4 Å². The lowest BCUT2D eigenvalue weighted by Crippen LogP contribution is -2.40. The van der Waals surface area contributed by atoms with Gasteiger partial charge in [-0.05, 0) is 61.9 Å². The molecule has 0 fully saturated rings. The highest BCUT2D eigenvalue weighted by Gasteiger charge is 2.27. The summed E-state index contributed by atoms with van der Waals surface area (Å²) in [5.41, 5.74) is 2.16. The van der Waals surface area contributed by atoms with Gasteiger partial charge in [-0.1, -0.05) is 12.1 Å². The molecule has 3 N–H and O–H groups in total. The second kappa shape index (κ2) is 6.46. The molecule has 1 heterocycles. The Morgan fingerprint density at radius 2 is 2.09 bits per heavy atom. The predicted octanol–water partition coefficient (Wildman–Crippen LogP) is 3.19. The minimum absolute atomic E-state index is 0.0708. The lowest BCUT2D eigenvalue weighted by atomic mass is 9.90. The van der Waals surface area contributed by atoms with Crippen molar-refractivity contribution in [3.05, 3.63) is 53.5 Å². The summed E-state index contributed by atoms with van der Waals surface area (Å²) in [5, 5.41) is 15.9. The summed E-state index contributed by atoms with van der Waals surface area (Å²) in [5.74, 6) is 0.426. The molecule has 2 amide bonds. The molecule has 0 spiro atoms. The molecule has 0 saturated heterocycles. The van der Waals surface area contributed by atoms with Crippen molar-refractivity contribution in [1.29, 1.82) is 0 Å². The van der Waals surface area contributed by atoms with Crippen molar-refractivity contribution in [2.45, 2.75) is 38.2 Å². The highest BCUT2D eigenvalue weighted by molar-refractivity contribution is 5.90. The first-order valence-electron chi connectivity index (χ1n) is 7.98. The SMILES string of the molecule is CC(O)(CNC(=O)Nc1cccc2c1CCCC2)c1ccco1. The molecular formula is C18H22N2O3. The molecule has 1 aromatic carbocycles. The van der Waals surface area contributed by atoms with E-state index in [1.165, 1.54) is 23.8 Å². The van der Waals surface area contributed by atoms with Crippen LogP contribution in [0.3, 0.4) is 0 Å². The van der Waals surface area contributed by atoms with Crippen LogP contribution in [0.15, 0.2) is 41.0 Å². The van der Waals surface area contributed by atoms with Crippen molar-refractivity contribution >= 4 is 11.7 Å². The molecule has 122 valence electrons. The number of aryl methyl sites for hydroxylation is 1. The zero-order chi connectivity index (χ0) is 16.3. The van der Waals surface area contributed by atoms with Crippen LogP contribution >= 0.6 is 0 Å². The number of hydrogen-bond acceptors (Lipinski definition) is 3. The van der Waals surface area contributed by atoms with Crippen LogP contribution in [0.25, 0.3) is 0 Å². The molecule has 5 nitrogen and oxygen atoms in total. The molecule has 1 aromatic heterocycles. The second-order valence-electron chi connectivity index (χ2n) is 6.21. The van der Waals surface area contributed by atoms with Crippen molar-refractivity contribution in [3.8, 4) is 0 Å². The number of rotatable bonds is 4. The first-order valence-corrected chi connectivity index (χ1v) is 7.98. The molecule has 5 heteroatoms. The molecule has 0 bridgehead atoms. The van der Waals surface area contributed by atoms with Gasteiger partial charge in [-0.2, -0.15) is 0 Å². The third-order valence-electron chi connectivity index (χ3n) is 4.29. The Hall–Kier alpha value is -2.27. The van der Waals surface area contributed by atoms with Crippen molar-refractivity contribution in [2.24, 2.45) is 0 Å². The maximum atomic E-state index is 12.2. The monoisotopic (exact) mass is 314 g/mol. The van der Waals surface area contributed by atoms with Crippen LogP contribution in [0.5, 0.6) is 0 Å².